The van der Waals surface area contributed by atoms with E-state index in [1.165, 1.54) is 0 Å². The predicted octanol–water partition coefficient (Wildman–Crippen LogP) is 1.10. The van der Waals surface area contributed by atoms with Crippen molar-refractivity contribution in [3.8, 4) is 0 Å². The fourth-order valence-electron chi connectivity index (χ4n) is 2.68. The number of rotatable bonds is 8. The van der Waals surface area contributed by atoms with Crippen molar-refractivity contribution in [2.24, 2.45) is 0 Å². The lowest BCUT2D eigenvalue weighted by molar-refractivity contribution is -0.149. The highest BCUT2D eigenvalue weighted by atomic mass is 35.5. The van der Waals surface area contributed by atoms with Crippen LogP contribution in [0.4, 0.5) is 0 Å². The van der Waals surface area contributed by atoms with E-state index < -0.39 is 12.0 Å². The summed E-state index contributed by atoms with van der Waals surface area (Å²) >= 11 is 6.07. The molecule has 26 heavy (non-hydrogen) atoms. The molecule has 1 aromatic rings. The predicted molar refractivity (Wildman–Crippen MR) is 97.5 cm³/mol. The molecule has 8 heteroatoms. The molecule has 7 nitrogen and oxygen atoms in total. The van der Waals surface area contributed by atoms with Crippen LogP contribution >= 0.6 is 11.6 Å². The number of amides is 2. The van der Waals surface area contributed by atoms with Crippen LogP contribution in [-0.2, 0) is 25.7 Å². The number of nitrogens with one attached hydrogen (secondary N) is 2. The summed E-state index contributed by atoms with van der Waals surface area (Å²) in [5.74, 6) is -0.925. The largest absolute Gasteiger partial charge is 0.466 e. The van der Waals surface area contributed by atoms with E-state index in [1.54, 1.807) is 11.0 Å². The Morgan fingerprint density at radius 1 is 1.38 bits per heavy atom. The van der Waals surface area contributed by atoms with Gasteiger partial charge in [0.05, 0.1) is 19.6 Å². The summed E-state index contributed by atoms with van der Waals surface area (Å²) in [6.07, 6.45) is 0.653. The Balaban J connectivity index is 1.89. The van der Waals surface area contributed by atoms with Crippen LogP contribution in [0.15, 0.2) is 24.3 Å². The van der Waals surface area contributed by atoms with E-state index in [0.717, 1.165) is 12.0 Å². The monoisotopic (exact) mass is 381 g/mol. The molecule has 0 bridgehead atoms. The van der Waals surface area contributed by atoms with Crippen LogP contribution in [0.1, 0.15) is 25.3 Å². The number of ether oxygens (including phenoxy) is 1. The molecule has 1 heterocycles. The zero-order valence-electron chi connectivity index (χ0n) is 14.8. The lowest BCUT2D eigenvalue weighted by atomic mass is 10.1. The van der Waals surface area contributed by atoms with Gasteiger partial charge in [-0.2, -0.15) is 0 Å². The summed E-state index contributed by atoms with van der Waals surface area (Å²) in [5, 5.41) is 6.11. The highest BCUT2D eigenvalue weighted by Crippen LogP contribution is 2.14. The van der Waals surface area contributed by atoms with Crippen LogP contribution in [0.5, 0.6) is 0 Å². The maximum Gasteiger partial charge on any atom is 0.307 e. The molecule has 1 fully saturated rings. The Hall–Kier alpha value is -2.12. The SMILES string of the molecule is CCCOC(=O)CC1C(=O)NCCN1CC(=O)NCc1ccccc1Cl. The first-order chi connectivity index (χ1) is 12.5. The number of piperazine rings is 1. The molecule has 0 radical (unpaired) electrons. The minimum Gasteiger partial charge on any atom is -0.466 e. The molecule has 2 amide bonds. The van der Waals surface area contributed by atoms with Gasteiger partial charge in [-0.1, -0.05) is 36.7 Å². The van der Waals surface area contributed by atoms with Crippen LogP contribution in [0.2, 0.25) is 5.02 Å². The Morgan fingerprint density at radius 2 is 2.15 bits per heavy atom. The second-order valence-corrected chi connectivity index (χ2v) is 6.48. The minimum absolute atomic E-state index is 0.0313. The number of carbonyl (C=O) groups is 3. The third-order valence-corrected chi connectivity index (χ3v) is 4.42. The number of carbonyl (C=O) groups excluding carboxylic acids is 3. The van der Waals surface area contributed by atoms with Gasteiger partial charge in [0, 0.05) is 24.7 Å². The van der Waals surface area contributed by atoms with E-state index in [0.29, 0.717) is 31.3 Å². The number of benzene rings is 1. The van der Waals surface area contributed by atoms with E-state index >= 15 is 0 Å². The Labute approximate surface area is 158 Å². The summed E-state index contributed by atoms with van der Waals surface area (Å²) in [5.41, 5.74) is 0.818. The zero-order valence-corrected chi connectivity index (χ0v) is 15.6. The van der Waals surface area contributed by atoms with Gasteiger partial charge in [-0.15, -0.1) is 0 Å². The molecule has 1 atom stereocenters. The van der Waals surface area contributed by atoms with E-state index in [9.17, 15) is 14.4 Å². The van der Waals surface area contributed by atoms with E-state index in [1.807, 2.05) is 25.1 Å². The molecule has 1 saturated heterocycles. The average Bonchev–Trinajstić information content (AvgIpc) is 2.62. The van der Waals surface area contributed by atoms with Gasteiger partial charge >= 0.3 is 5.97 Å². The number of nitrogens with zero attached hydrogens (tertiary/aromatic N) is 1. The highest BCUT2D eigenvalue weighted by Gasteiger charge is 2.33. The molecule has 1 aromatic carbocycles. The van der Waals surface area contributed by atoms with Gasteiger partial charge in [0.2, 0.25) is 11.8 Å². The van der Waals surface area contributed by atoms with Crippen molar-refractivity contribution in [3.05, 3.63) is 34.9 Å². The fourth-order valence-corrected chi connectivity index (χ4v) is 2.88. The zero-order chi connectivity index (χ0) is 18.9. The van der Waals surface area contributed by atoms with Crippen molar-refractivity contribution >= 4 is 29.4 Å². The fraction of sp³-hybridized carbons (Fsp3) is 0.500. The number of hydrogen-bond acceptors (Lipinski definition) is 5. The van der Waals surface area contributed by atoms with Gasteiger partial charge < -0.3 is 15.4 Å². The molecule has 0 saturated carbocycles. The second kappa shape index (κ2) is 10.1. The Bertz CT molecular complexity index is 653. The molecule has 2 N–H and O–H groups in total. The molecule has 1 aliphatic rings. The maximum absolute atomic E-state index is 12.3. The van der Waals surface area contributed by atoms with Gasteiger partial charge in [-0.25, -0.2) is 0 Å². The van der Waals surface area contributed by atoms with Crippen molar-refractivity contribution < 1.29 is 19.1 Å². The molecule has 1 unspecified atom stereocenters. The second-order valence-electron chi connectivity index (χ2n) is 6.07. The molecule has 1 aliphatic heterocycles. The first-order valence-electron chi connectivity index (χ1n) is 8.68. The van der Waals surface area contributed by atoms with Crippen LogP contribution in [0, 0.1) is 0 Å². The molecule has 0 spiro atoms. The Kier molecular flexibility index (Phi) is 7.87. The summed E-state index contributed by atoms with van der Waals surface area (Å²) in [4.78, 5) is 37.9. The summed E-state index contributed by atoms with van der Waals surface area (Å²) in [7, 11) is 0. The van der Waals surface area contributed by atoms with E-state index in [2.05, 4.69) is 10.6 Å². The normalized spacial score (nSPS) is 17.5. The van der Waals surface area contributed by atoms with E-state index in [4.69, 9.17) is 16.3 Å². The highest BCUT2D eigenvalue weighted by molar-refractivity contribution is 6.31. The van der Waals surface area contributed by atoms with Gasteiger partial charge in [-0.05, 0) is 18.1 Å². The molecular weight excluding hydrogens is 358 g/mol. The molecule has 0 aliphatic carbocycles. The smallest absolute Gasteiger partial charge is 0.307 e. The van der Waals surface area contributed by atoms with Crippen molar-refractivity contribution in [2.45, 2.75) is 32.4 Å². The Morgan fingerprint density at radius 3 is 2.88 bits per heavy atom. The van der Waals surface area contributed by atoms with E-state index in [-0.39, 0.29) is 24.8 Å². The van der Waals surface area contributed by atoms with Gasteiger partial charge in [0.25, 0.3) is 0 Å². The van der Waals surface area contributed by atoms with Crippen molar-refractivity contribution in [1.82, 2.24) is 15.5 Å². The van der Waals surface area contributed by atoms with Crippen molar-refractivity contribution in [3.63, 3.8) is 0 Å². The number of halogens is 1. The third-order valence-electron chi connectivity index (χ3n) is 4.05. The summed E-state index contributed by atoms with van der Waals surface area (Å²) in [6.45, 7) is 3.50. The summed E-state index contributed by atoms with van der Waals surface area (Å²) < 4.78 is 5.05. The lowest BCUT2D eigenvalue weighted by Crippen LogP contribution is -2.57. The first kappa shape index (κ1) is 20.2. The van der Waals surface area contributed by atoms with Crippen LogP contribution in [-0.4, -0.2) is 55.0 Å². The first-order valence-corrected chi connectivity index (χ1v) is 9.06. The van der Waals surface area contributed by atoms with Gasteiger partial charge in [0.15, 0.2) is 0 Å². The van der Waals surface area contributed by atoms with Crippen molar-refractivity contribution in [2.75, 3.05) is 26.2 Å². The quantitative estimate of drug-likeness (QED) is 0.658. The standard InChI is InChI=1S/C18H24ClN3O4/c1-2-9-26-17(24)10-15-18(25)20-7-8-22(15)12-16(23)21-11-13-5-3-4-6-14(13)19/h3-6,15H,2,7-12H2,1H3,(H,20,25)(H,21,23). The van der Waals surface area contributed by atoms with Gasteiger partial charge in [0.1, 0.15) is 6.04 Å². The minimum atomic E-state index is -0.695. The van der Waals surface area contributed by atoms with Crippen LogP contribution in [0.3, 0.4) is 0 Å². The topological polar surface area (TPSA) is 87.7 Å². The number of hydrogen-bond donors (Lipinski definition) is 2. The van der Waals surface area contributed by atoms with Crippen molar-refractivity contribution in [1.29, 1.82) is 0 Å². The lowest BCUT2D eigenvalue weighted by Gasteiger charge is -2.33. The van der Waals surface area contributed by atoms with Gasteiger partial charge in [-0.3, -0.25) is 19.3 Å². The third kappa shape index (κ3) is 6.00. The van der Waals surface area contributed by atoms with Crippen LogP contribution in [0.25, 0.3) is 0 Å². The van der Waals surface area contributed by atoms with Crippen LogP contribution < -0.4 is 10.6 Å². The number of esters is 1. The average molecular weight is 382 g/mol. The maximum atomic E-state index is 12.3. The molecule has 2 rings (SSSR count). The molecule has 142 valence electrons. The summed E-state index contributed by atoms with van der Waals surface area (Å²) in [6, 6.07) is 6.57. The molecular formula is C18H24ClN3O4. The molecule has 0 aromatic heterocycles.